The van der Waals surface area contributed by atoms with Crippen LogP contribution in [0.15, 0.2) is 18.2 Å². The molecule has 0 spiro atoms. The third-order valence-corrected chi connectivity index (χ3v) is 4.46. The van der Waals surface area contributed by atoms with Gasteiger partial charge in [-0.2, -0.15) is 0 Å². The van der Waals surface area contributed by atoms with E-state index in [0.717, 1.165) is 42.6 Å². The van der Waals surface area contributed by atoms with Crippen molar-refractivity contribution in [2.45, 2.75) is 65.5 Å². The van der Waals surface area contributed by atoms with Gasteiger partial charge in [-0.25, -0.2) is 0 Å². The van der Waals surface area contributed by atoms with Gasteiger partial charge >= 0.3 is 0 Å². The zero-order chi connectivity index (χ0) is 15.4. The highest BCUT2D eigenvalue weighted by Crippen LogP contribution is 2.26. The molecule has 0 aliphatic carbocycles. The average molecular weight is 288 g/mol. The first kappa shape index (κ1) is 15.9. The van der Waals surface area contributed by atoms with Crippen LogP contribution in [0.1, 0.15) is 62.4 Å². The van der Waals surface area contributed by atoms with E-state index in [4.69, 9.17) is 0 Å². The van der Waals surface area contributed by atoms with Crippen LogP contribution in [0.3, 0.4) is 0 Å². The van der Waals surface area contributed by atoms with Gasteiger partial charge in [0.2, 0.25) is 0 Å². The van der Waals surface area contributed by atoms with E-state index in [2.05, 4.69) is 37.1 Å². The summed E-state index contributed by atoms with van der Waals surface area (Å²) in [6.07, 6.45) is 4.56. The minimum Gasteiger partial charge on any atom is -0.385 e. The molecule has 1 heterocycles. The zero-order valence-corrected chi connectivity index (χ0v) is 13.8. The molecule has 2 unspecified atom stereocenters. The summed E-state index contributed by atoms with van der Waals surface area (Å²) >= 11 is 0. The summed E-state index contributed by atoms with van der Waals surface area (Å²) in [7, 11) is 0. The van der Waals surface area contributed by atoms with Gasteiger partial charge in [0.1, 0.15) is 0 Å². The topological polar surface area (TPSA) is 32.3 Å². The van der Waals surface area contributed by atoms with Crippen LogP contribution >= 0.6 is 0 Å². The fourth-order valence-electron chi connectivity index (χ4n) is 3.24. The number of hydrogen-bond donors (Lipinski definition) is 1. The van der Waals surface area contributed by atoms with Gasteiger partial charge in [0.05, 0.1) is 0 Å². The van der Waals surface area contributed by atoms with Gasteiger partial charge in [0, 0.05) is 29.9 Å². The molecule has 0 saturated carbocycles. The van der Waals surface area contributed by atoms with E-state index in [1.54, 1.807) is 0 Å². The van der Waals surface area contributed by atoms with Crippen LogP contribution in [0.5, 0.6) is 0 Å². The Balaban J connectivity index is 2.18. The molecule has 1 amide bonds. The molecule has 1 fully saturated rings. The van der Waals surface area contributed by atoms with Crippen LogP contribution in [0.25, 0.3) is 0 Å². The second-order valence-corrected chi connectivity index (χ2v) is 6.30. The molecule has 1 N–H and O–H groups in total. The van der Waals surface area contributed by atoms with Crippen molar-refractivity contribution in [3.63, 3.8) is 0 Å². The Labute approximate surface area is 128 Å². The predicted octanol–water partition coefficient (Wildman–Crippen LogP) is 4.22. The maximum atomic E-state index is 12.9. The Morgan fingerprint density at radius 3 is 2.52 bits per heavy atom. The Morgan fingerprint density at radius 2 is 1.95 bits per heavy atom. The highest BCUT2D eigenvalue weighted by molar-refractivity contribution is 5.96. The average Bonchev–Trinajstić information content (AvgIpc) is 2.44. The second kappa shape index (κ2) is 6.97. The summed E-state index contributed by atoms with van der Waals surface area (Å²) in [5.74, 6) is 0.189. The smallest absolute Gasteiger partial charge is 0.254 e. The molecule has 3 nitrogen and oxygen atoms in total. The molecular weight excluding hydrogens is 260 g/mol. The first-order valence-corrected chi connectivity index (χ1v) is 8.21. The van der Waals surface area contributed by atoms with Gasteiger partial charge in [-0.15, -0.1) is 0 Å². The summed E-state index contributed by atoms with van der Waals surface area (Å²) in [4.78, 5) is 14.9. The summed E-state index contributed by atoms with van der Waals surface area (Å²) in [5.41, 5.74) is 3.01. The van der Waals surface area contributed by atoms with E-state index in [1.807, 2.05) is 19.1 Å². The molecule has 1 aliphatic heterocycles. The number of carbonyl (C=O) groups is 1. The predicted molar refractivity (Wildman–Crippen MR) is 88.9 cm³/mol. The summed E-state index contributed by atoms with van der Waals surface area (Å²) in [6.45, 7) is 9.48. The second-order valence-electron chi connectivity index (χ2n) is 6.30. The first-order chi connectivity index (χ1) is 10.0. The molecule has 0 bridgehead atoms. The van der Waals surface area contributed by atoms with Gasteiger partial charge in [-0.05, 0) is 70.2 Å². The molecule has 1 aromatic rings. The van der Waals surface area contributed by atoms with Crippen LogP contribution in [-0.4, -0.2) is 29.4 Å². The Bertz CT molecular complexity index is 488. The van der Waals surface area contributed by atoms with Crippen molar-refractivity contribution in [3.05, 3.63) is 29.3 Å². The monoisotopic (exact) mass is 288 g/mol. The van der Waals surface area contributed by atoms with Crippen LogP contribution in [0.4, 0.5) is 5.69 Å². The largest absolute Gasteiger partial charge is 0.385 e. The number of anilines is 1. The van der Waals surface area contributed by atoms with Crippen LogP contribution in [0, 0.1) is 6.92 Å². The quantitative estimate of drug-likeness (QED) is 0.899. The molecule has 1 aliphatic rings. The van der Waals surface area contributed by atoms with Crippen molar-refractivity contribution in [1.29, 1.82) is 0 Å². The molecule has 1 aromatic carbocycles. The molecule has 0 aromatic heterocycles. The Morgan fingerprint density at radius 1 is 1.29 bits per heavy atom. The van der Waals surface area contributed by atoms with Crippen molar-refractivity contribution in [3.8, 4) is 0 Å². The summed E-state index contributed by atoms with van der Waals surface area (Å²) in [5, 5.41) is 3.37. The molecule has 1 saturated heterocycles. The number of rotatable bonds is 4. The van der Waals surface area contributed by atoms with Crippen LogP contribution in [0.2, 0.25) is 0 Å². The first-order valence-electron chi connectivity index (χ1n) is 8.21. The van der Waals surface area contributed by atoms with Crippen molar-refractivity contribution in [2.24, 2.45) is 0 Å². The number of nitrogens with zero attached hydrogens (tertiary/aromatic N) is 1. The SMILES string of the molecule is CCCNc1ccc(C(=O)N2C(C)CCCC2C)c(C)c1. The van der Waals surface area contributed by atoms with Gasteiger partial charge < -0.3 is 10.2 Å². The van der Waals surface area contributed by atoms with Gasteiger partial charge in [0.25, 0.3) is 5.91 Å². The zero-order valence-electron chi connectivity index (χ0n) is 13.8. The Kier molecular flexibility index (Phi) is 5.27. The molecule has 21 heavy (non-hydrogen) atoms. The minimum atomic E-state index is 0.189. The maximum absolute atomic E-state index is 12.9. The highest BCUT2D eigenvalue weighted by Gasteiger charge is 2.30. The lowest BCUT2D eigenvalue weighted by Gasteiger charge is -2.39. The molecular formula is C18H28N2O. The number of hydrogen-bond acceptors (Lipinski definition) is 2. The lowest BCUT2D eigenvalue weighted by atomic mass is 9.95. The number of carbonyl (C=O) groups excluding carboxylic acids is 1. The van der Waals surface area contributed by atoms with Gasteiger partial charge in [-0.1, -0.05) is 6.92 Å². The van der Waals surface area contributed by atoms with Crippen molar-refractivity contribution in [2.75, 3.05) is 11.9 Å². The van der Waals surface area contributed by atoms with E-state index in [-0.39, 0.29) is 5.91 Å². The lowest BCUT2D eigenvalue weighted by molar-refractivity contribution is 0.0510. The van der Waals surface area contributed by atoms with Gasteiger partial charge in [0.15, 0.2) is 0 Å². The molecule has 116 valence electrons. The minimum absolute atomic E-state index is 0.189. The van der Waals surface area contributed by atoms with Crippen LogP contribution < -0.4 is 5.32 Å². The summed E-state index contributed by atoms with van der Waals surface area (Å²) < 4.78 is 0. The number of benzene rings is 1. The van der Waals surface area contributed by atoms with E-state index >= 15 is 0 Å². The number of piperidine rings is 1. The third kappa shape index (κ3) is 3.58. The molecule has 0 radical (unpaired) electrons. The van der Waals surface area contributed by atoms with Crippen LogP contribution in [-0.2, 0) is 0 Å². The molecule has 2 atom stereocenters. The van der Waals surface area contributed by atoms with E-state index < -0.39 is 0 Å². The number of aryl methyl sites for hydroxylation is 1. The van der Waals surface area contributed by atoms with E-state index in [9.17, 15) is 4.79 Å². The number of amides is 1. The lowest BCUT2D eigenvalue weighted by Crippen LogP contribution is -2.47. The van der Waals surface area contributed by atoms with Crippen molar-refractivity contribution >= 4 is 11.6 Å². The summed E-state index contributed by atoms with van der Waals surface area (Å²) in [6, 6.07) is 6.78. The van der Waals surface area contributed by atoms with Crippen molar-refractivity contribution in [1.82, 2.24) is 4.90 Å². The number of nitrogens with one attached hydrogen (secondary N) is 1. The third-order valence-electron chi connectivity index (χ3n) is 4.46. The standard InChI is InChI=1S/C18H28N2O/c1-5-11-19-16-9-10-17(13(2)12-16)18(21)20-14(3)7-6-8-15(20)4/h9-10,12,14-15,19H,5-8,11H2,1-4H3. The van der Waals surface area contributed by atoms with E-state index in [1.165, 1.54) is 6.42 Å². The van der Waals surface area contributed by atoms with Gasteiger partial charge in [-0.3, -0.25) is 4.79 Å². The van der Waals surface area contributed by atoms with Crippen molar-refractivity contribution < 1.29 is 4.79 Å². The fraction of sp³-hybridized carbons (Fsp3) is 0.611. The fourth-order valence-corrected chi connectivity index (χ4v) is 3.24. The molecule has 2 rings (SSSR count). The normalized spacial score (nSPS) is 22.2. The van der Waals surface area contributed by atoms with E-state index in [0.29, 0.717) is 12.1 Å². The Hall–Kier alpha value is -1.51. The maximum Gasteiger partial charge on any atom is 0.254 e. The highest BCUT2D eigenvalue weighted by atomic mass is 16.2. The molecule has 3 heteroatoms. The number of likely N-dealkylation sites (tertiary alicyclic amines) is 1.